The zero-order valence-corrected chi connectivity index (χ0v) is 12.2. The van der Waals surface area contributed by atoms with E-state index in [2.05, 4.69) is 10.3 Å². The Morgan fingerprint density at radius 3 is 2.65 bits per heavy atom. The molecule has 0 saturated heterocycles. The molecular weight excluding hydrogens is 276 g/mol. The number of rotatable bonds is 5. The summed E-state index contributed by atoms with van der Waals surface area (Å²) in [7, 11) is 0. The number of halogens is 1. The Morgan fingerprint density at radius 1 is 1.35 bits per heavy atom. The van der Waals surface area contributed by atoms with Gasteiger partial charge in [0.15, 0.2) is 0 Å². The summed E-state index contributed by atoms with van der Waals surface area (Å²) >= 11 is 5.95. The lowest BCUT2D eigenvalue weighted by atomic mass is 9.92. The quantitative estimate of drug-likeness (QED) is 0.876. The summed E-state index contributed by atoms with van der Waals surface area (Å²) in [5.74, 6) is -0.846. The van der Waals surface area contributed by atoms with E-state index < -0.39 is 11.5 Å². The highest BCUT2D eigenvalue weighted by Crippen LogP contribution is 2.29. The van der Waals surface area contributed by atoms with E-state index in [1.165, 1.54) is 0 Å². The number of hydrogen-bond acceptors (Lipinski definition) is 3. The van der Waals surface area contributed by atoms with Crippen LogP contribution in [0.3, 0.4) is 0 Å². The first-order valence-electron chi connectivity index (χ1n) is 6.58. The van der Waals surface area contributed by atoms with Crippen LogP contribution in [0.2, 0.25) is 5.02 Å². The molecule has 1 heterocycles. The van der Waals surface area contributed by atoms with E-state index in [1.807, 2.05) is 19.9 Å². The molecule has 0 fully saturated rings. The minimum absolute atomic E-state index is 0.496. The molecule has 0 amide bonds. The Morgan fingerprint density at radius 2 is 2.05 bits per heavy atom. The molecule has 5 heteroatoms. The monoisotopic (exact) mass is 292 g/mol. The minimum atomic E-state index is -0.964. The van der Waals surface area contributed by atoms with Crippen molar-refractivity contribution in [1.82, 2.24) is 4.98 Å². The van der Waals surface area contributed by atoms with E-state index >= 15 is 0 Å². The number of aromatic nitrogens is 1. The van der Waals surface area contributed by atoms with Crippen molar-refractivity contribution in [2.45, 2.75) is 32.2 Å². The second-order valence-electron chi connectivity index (χ2n) is 4.74. The molecule has 4 nitrogen and oxygen atoms in total. The Hall–Kier alpha value is -1.81. The average molecular weight is 293 g/mol. The molecule has 0 radical (unpaired) electrons. The molecule has 0 atom stereocenters. The first-order valence-corrected chi connectivity index (χ1v) is 6.96. The maximum absolute atomic E-state index is 11.6. The highest BCUT2D eigenvalue weighted by Gasteiger charge is 2.34. The van der Waals surface area contributed by atoms with Crippen molar-refractivity contribution in [3.8, 4) is 0 Å². The number of nitrogens with one attached hydrogen (secondary N) is 1. The van der Waals surface area contributed by atoms with Crippen molar-refractivity contribution in [2.75, 3.05) is 5.32 Å². The maximum atomic E-state index is 11.6. The van der Waals surface area contributed by atoms with Crippen LogP contribution in [0, 0.1) is 0 Å². The molecule has 2 aromatic rings. The minimum Gasteiger partial charge on any atom is -0.480 e. The number of carbonyl (C=O) groups is 1. The van der Waals surface area contributed by atoms with Gasteiger partial charge in [0.25, 0.3) is 0 Å². The third-order valence-electron chi connectivity index (χ3n) is 3.70. The molecule has 2 N–H and O–H groups in total. The summed E-state index contributed by atoms with van der Waals surface area (Å²) in [5, 5.41) is 14.1. The number of carboxylic acids is 1. The SMILES string of the molecule is CCC(CC)(Nc1ccnc2cc(Cl)ccc12)C(=O)O. The van der Waals surface area contributed by atoms with Gasteiger partial charge in [-0.25, -0.2) is 4.79 Å². The van der Waals surface area contributed by atoms with Gasteiger partial charge in [-0.15, -0.1) is 0 Å². The zero-order chi connectivity index (χ0) is 14.8. The van der Waals surface area contributed by atoms with Crippen LogP contribution in [-0.4, -0.2) is 21.6 Å². The Kier molecular flexibility index (Phi) is 4.14. The average Bonchev–Trinajstić information content (AvgIpc) is 2.44. The number of hydrogen-bond donors (Lipinski definition) is 2. The highest BCUT2D eigenvalue weighted by atomic mass is 35.5. The van der Waals surface area contributed by atoms with Crippen molar-refractivity contribution < 1.29 is 9.90 Å². The van der Waals surface area contributed by atoms with Gasteiger partial charge >= 0.3 is 5.97 Å². The standard InChI is InChI=1S/C15H17ClN2O2/c1-3-15(4-2,14(19)20)18-12-7-8-17-13-9-10(16)5-6-11(12)13/h5-9H,3-4H2,1-2H3,(H,17,18)(H,19,20). The van der Waals surface area contributed by atoms with Crippen LogP contribution < -0.4 is 5.32 Å². The number of aliphatic carboxylic acids is 1. The molecule has 0 unspecified atom stereocenters. The Balaban J connectivity index is 2.50. The third kappa shape index (κ3) is 2.56. The lowest BCUT2D eigenvalue weighted by Gasteiger charge is -2.29. The number of benzene rings is 1. The molecule has 1 aromatic carbocycles. The van der Waals surface area contributed by atoms with Crippen molar-refractivity contribution in [2.24, 2.45) is 0 Å². The molecule has 2 rings (SSSR count). The lowest BCUT2D eigenvalue weighted by Crippen LogP contribution is -2.45. The lowest BCUT2D eigenvalue weighted by molar-refractivity contribution is -0.142. The van der Waals surface area contributed by atoms with Crippen LogP contribution in [0.25, 0.3) is 10.9 Å². The number of fused-ring (bicyclic) bond motifs is 1. The molecular formula is C15H17ClN2O2. The van der Waals surface area contributed by atoms with Crippen LogP contribution in [0.4, 0.5) is 5.69 Å². The van der Waals surface area contributed by atoms with E-state index in [4.69, 9.17) is 11.6 Å². The maximum Gasteiger partial charge on any atom is 0.329 e. The van der Waals surface area contributed by atoms with Gasteiger partial charge in [-0.3, -0.25) is 4.98 Å². The van der Waals surface area contributed by atoms with Crippen LogP contribution in [-0.2, 0) is 4.79 Å². The third-order valence-corrected chi connectivity index (χ3v) is 3.93. The molecule has 0 saturated carbocycles. The van der Waals surface area contributed by atoms with E-state index in [-0.39, 0.29) is 0 Å². The van der Waals surface area contributed by atoms with Crippen molar-refractivity contribution in [1.29, 1.82) is 0 Å². The molecule has 1 aromatic heterocycles. The van der Waals surface area contributed by atoms with Gasteiger partial charge in [0.1, 0.15) is 5.54 Å². The van der Waals surface area contributed by atoms with Crippen LogP contribution in [0.15, 0.2) is 30.5 Å². The predicted octanol–water partition coefficient (Wildman–Crippen LogP) is 3.94. The van der Waals surface area contributed by atoms with Crippen LogP contribution >= 0.6 is 11.6 Å². The highest BCUT2D eigenvalue weighted by molar-refractivity contribution is 6.31. The number of carboxylic acid groups (broad SMARTS) is 1. The Bertz CT molecular complexity index is 639. The van der Waals surface area contributed by atoms with E-state index in [1.54, 1.807) is 24.4 Å². The molecule has 0 spiro atoms. The fraction of sp³-hybridized carbons (Fsp3) is 0.333. The van der Waals surface area contributed by atoms with Crippen molar-refractivity contribution in [3.63, 3.8) is 0 Å². The summed E-state index contributed by atoms with van der Waals surface area (Å²) in [6, 6.07) is 7.18. The first-order chi connectivity index (χ1) is 9.52. The Labute approximate surface area is 122 Å². The summed E-state index contributed by atoms with van der Waals surface area (Å²) in [4.78, 5) is 15.8. The van der Waals surface area contributed by atoms with Gasteiger partial charge in [-0.1, -0.05) is 25.4 Å². The second kappa shape index (κ2) is 5.67. The summed E-state index contributed by atoms with van der Waals surface area (Å²) in [6.07, 6.45) is 2.64. The zero-order valence-electron chi connectivity index (χ0n) is 11.5. The topological polar surface area (TPSA) is 62.2 Å². The summed E-state index contributed by atoms with van der Waals surface area (Å²) in [6.45, 7) is 3.73. The van der Waals surface area contributed by atoms with Gasteiger partial charge in [0.2, 0.25) is 0 Å². The van der Waals surface area contributed by atoms with E-state index in [0.29, 0.717) is 17.9 Å². The van der Waals surface area contributed by atoms with Gasteiger partial charge in [0, 0.05) is 22.3 Å². The fourth-order valence-electron chi connectivity index (χ4n) is 2.27. The molecule has 20 heavy (non-hydrogen) atoms. The predicted molar refractivity (Wildman–Crippen MR) is 81.3 cm³/mol. The number of nitrogens with zero attached hydrogens (tertiary/aromatic N) is 1. The van der Waals surface area contributed by atoms with Gasteiger partial charge in [-0.2, -0.15) is 0 Å². The number of anilines is 1. The smallest absolute Gasteiger partial charge is 0.329 e. The van der Waals surface area contributed by atoms with E-state index in [9.17, 15) is 9.90 Å². The van der Waals surface area contributed by atoms with Gasteiger partial charge in [-0.05, 0) is 37.1 Å². The fourth-order valence-corrected chi connectivity index (χ4v) is 2.44. The van der Waals surface area contributed by atoms with Crippen molar-refractivity contribution >= 4 is 34.2 Å². The first kappa shape index (κ1) is 14.6. The molecule has 0 aliphatic carbocycles. The second-order valence-corrected chi connectivity index (χ2v) is 5.18. The molecule has 106 valence electrons. The molecule has 0 bridgehead atoms. The van der Waals surface area contributed by atoms with Crippen LogP contribution in [0.5, 0.6) is 0 Å². The van der Waals surface area contributed by atoms with E-state index in [0.717, 1.165) is 16.6 Å². The molecule has 0 aliphatic heterocycles. The summed E-state index contributed by atoms with van der Waals surface area (Å²) < 4.78 is 0. The summed E-state index contributed by atoms with van der Waals surface area (Å²) in [5.41, 5.74) is 0.542. The van der Waals surface area contributed by atoms with Crippen molar-refractivity contribution in [3.05, 3.63) is 35.5 Å². The van der Waals surface area contributed by atoms with Gasteiger partial charge < -0.3 is 10.4 Å². The largest absolute Gasteiger partial charge is 0.480 e. The normalized spacial score (nSPS) is 11.6. The van der Waals surface area contributed by atoms with Gasteiger partial charge in [0.05, 0.1) is 5.52 Å². The molecule has 0 aliphatic rings. The van der Waals surface area contributed by atoms with Crippen LogP contribution in [0.1, 0.15) is 26.7 Å². The number of pyridine rings is 1.